The van der Waals surface area contributed by atoms with Gasteiger partial charge >= 0.3 is 5.97 Å². The number of anilines is 2. The van der Waals surface area contributed by atoms with Gasteiger partial charge in [0.2, 0.25) is 0 Å². The highest BCUT2D eigenvalue weighted by Crippen LogP contribution is 2.59. The minimum Gasteiger partial charge on any atom is -0.458 e. The quantitative estimate of drug-likeness (QED) is 0.283. The smallest absolute Gasteiger partial charge is 0.325 e. The zero-order valence-corrected chi connectivity index (χ0v) is 18.9. The highest BCUT2D eigenvalue weighted by atomic mass is 16.6. The molecular formula is C24H34N2O5. The molecule has 4 rings (SSSR count). The summed E-state index contributed by atoms with van der Waals surface area (Å²) in [5.41, 5.74) is 7.93. The van der Waals surface area contributed by atoms with Crippen molar-refractivity contribution in [2.75, 3.05) is 31.3 Å². The standard InChI is InChI=1S/C24H34N2O5/c1-15(2)5-10-19-23(3,31-19)22-21(28-4)18(11-12-24(22)14-29-24)30-20(27)13-26-17-8-6-16(25)7-9-17/h5-9,18-19,21-22,26H,10-14,25H2,1-4H3/t18-,19-,21-,22-,23-,24+/m1/s1. The van der Waals surface area contributed by atoms with Crippen molar-refractivity contribution in [3.8, 4) is 0 Å². The average Bonchev–Trinajstić information content (AvgIpc) is 3.65. The van der Waals surface area contributed by atoms with Crippen LogP contribution in [0.5, 0.6) is 0 Å². The third-order valence-corrected chi connectivity index (χ3v) is 6.87. The Labute approximate surface area is 184 Å². The molecular weight excluding hydrogens is 396 g/mol. The zero-order valence-electron chi connectivity index (χ0n) is 18.9. The van der Waals surface area contributed by atoms with Crippen molar-refractivity contribution >= 4 is 17.3 Å². The van der Waals surface area contributed by atoms with Crippen LogP contribution in [0, 0.1) is 5.92 Å². The van der Waals surface area contributed by atoms with E-state index in [1.165, 1.54) is 5.57 Å². The molecule has 1 aliphatic carbocycles. The van der Waals surface area contributed by atoms with E-state index in [-0.39, 0.29) is 47.9 Å². The molecule has 0 bridgehead atoms. The van der Waals surface area contributed by atoms with E-state index in [0.29, 0.717) is 12.3 Å². The zero-order chi connectivity index (χ0) is 22.2. The third kappa shape index (κ3) is 4.59. The molecule has 1 aromatic rings. The van der Waals surface area contributed by atoms with Crippen molar-refractivity contribution in [1.29, 1.82) is 0 Å². The van der Waals surface area contributed by atoms with E-state index in [4.69, 9.17) is 24.7 Å². The number of allylic oxidation sites excluding steroid dienone is 1. The van der Waals surface area contributed by atoms with Gasteiger partial charge in [0, 0.05) is 18.5 Å². The lowest BCUT2D eigenvalue weighted by Crippen LogP contribution is -2.55. The van der Waals surface area contributed by atoms with Gasteiger partial charge in [0.1, 0.15) is 30.0 Å². The number of nitrogens with one attached hydrogen (secondary N) is 1. The number of hydrogen-bond acceptors (Lipinski definition) is 7. The SMILES string of the molecule is CO[C@@H]1[C@H](OC(=O)CNc2ccc(N)cc2)CC[C@]2(CO2)[C@H]1[C@]1(C)O[C@@H]1CC=C(C)C. The normalized spacial score (nSPS) is 36.0. The van der Waals surface area contributed by atoms with Crippen LogP contribution < -0.4 is 11.1 Å². The number of carbonyl (C=O) groups is 1. The lowest BCUT2D eigenvalue weighted by Gasteiger charge is -2.42. The molecule has 31 heavy (non-hydrogen) atoms. The van der Waals surface area contributed by atoms with Gasteiger partial charge in [0.25, 0.3) is 0 Å². The first-order chi connectivity index (χ1) is 14.8. The van der Waals surface area contributed by atoms with Crippen molar-refractivity contribution in [3.63, 3.8) is 0 Å². The summed E-state index contributed by atoms with van der Waals surface area (Å²) in [6.07, 6.45) is 4.19. The maximum Gasteiger partial charge on any atom is 0.325 e. The molecule has 6 atom stereocenters. The summed E-state index contributed by atoms with van der Waals surface area (Å²) < 4.78 is 24.0. The first kappa shape index (κ1) is 22.1. The molecule has 1 saturated carbocycles. The number of esters is 1. The summed E-state index contributed by atoms with van der Waals surface area (Å²) in [5.74, 6) is -0.282. The van der Waals surface area contributed by atoms with Crippen LogP contribution in [0.4, 0.5) is 11.4 Å². The van der Waals surface area contributed by atoms with Crippen LogP contribution in [0.2, 0.25) is 0 Å². The van der Waals surface area contributed by atoms with Gasteiger partial charge in [0.15, 0.2) is 0 Å². The molecule has 0 aromatic heterocycles. The van der Waals surface area contributed by atoms with Crippen molar-refractivity contribution in [3.05, 3.63) is 35.9 Å². The highest BCUT2D eigenvalue weighted by molar-refractivity contribution is 5.75. The third-order valence-electron chi connectivity index (χ3n) is 6.87. The summed E-state index contributed by atoms with van der Waals surface area (Å²) in [6.45, 7) is 7.13. The fourth-order valence-electron chi connectivity index (χ4n) is 5.06. The van der Waals surface area contributed by atoms with Crippen LogP contribution in [-0.4, -0.2) is 55.7 Å². The number of benzene rings is 1. The number of hydrogen-bond donors (Lipinski definition) is 2. The van der Waals surface area contributed by atoms with Gasteiger partial charge in [-0.05, 0) is 64.3 Å². The van der Waals surface area contributed by atoms with Crippen molar-refractivity contribution < 1.29 is 23.7 Å². The first-order valence-corrected chi connectivity index (χ1v) is 11.0. The molecule has 1 aromatic carbocycles. The largest absolute Gasteiger partial charge is 0.458 e. The van der Waals surface area contributed by atoms with Crippen LogP contribution in [0.1, 0.15) is 40.0 Å². The van der Waals surface area contributed by atoms with Crippen molar-refractivity contribution in [2.24, 2.45) is 5.92 Å². The Morgan fingerprint density at radius 3 is 2.65 bits per heavy atom. The second kappa shape index (κ2) is 8.45. The molecule has 0 unspecified atom stereocenters. The van der Waals surface area contributed by atoms with E-state index in [1.807, 2.05) is 12.1 Å². The predicted molar refractivity (Wildman–Crippen MR) is 119 cm³/mol. The van der Waals surface area contributed by atoms with Gasteiger partial charge in [-0.25, -0.2) is 0 Å². The molecule has 2 heterocycles. The van der Waals surface area contributed by atoms with Crippen LogP contribution in [0.25, 0.3) is 0 Å². The number of ether oxygens (including phenoxy) is 4. The first-order valence-electron chi connectivity index (χ1n) is 11.0. The average molecular weight is 431 g/mol. The molecule has 7 heteroatoms. The molecule has 170 valence electrons. The molecule has 7 nitrogen and oxygen atoms in total. The van der Waals surface area contributed by atoms with Crippen molar-refractivity contribution in [1.82, 2.24) is 0 Å². The summed E-state index contributed by atoms with van der Waals surface area (Å²) in [4.78, 5) is 12.6. The summed E-state index contributed by atoms with van der Waals surface area (Å²) in [6, 6.07) is 7.25. The second-order valence-electron chi connectivity index (χ2n) is 9.38. The van der Waals surface area contributed by atoms with Gasteiger partial charge < -0.3 is 30.0 Å². The van der Waals surface area contributed by atoms with Crippen LogP contribution in [-0.2, 0) is 23.7 Å². The number of nitrogens with two attached hydrogens (primary N) is 1. The maximum atomic E-state index is 12.6. The molecule has 2 saturated heterocycles. The number of methoxy groups -OCH3 is 1. The molecule has 3 N–H and O–H groups in total. The minimum atomic E-state index is -0.337. The minimum absolute atomic E-state index is 0.0252. The Balaban J connectivity index is 1.40. The Hall–Kier alpha value is -2.09. The second-order valence-corrected chi connectivity index (χ2v) is 9.38. The lowest BCUT2D eigenvalue weighted by atomic mass is 9.68. The van der Waals surface area contributed by atoms with E-state index in [2.05, 4.69) is 32.2 Å². The van der Waals surface area contributed by atoms with Gasteiger partial charge in [-0.2, -0.15) is 0 Å². The molecule has 0 radical (unpaired) electrons. The Morgan fingerprint density at radius 1 is 1.32 bits per heavy atom. The van der Waals surface area contributed by atoms with Crippen LogP contribution in [0.15, 0.2) is 35.9 Å². The molecule has 3 fully saturated rings. The van der Waals surface area contributed by atoms with Crippen molar-refractivity contribution in [2.45, 2.75) is 69.5 Å². The summed E-state index contributed by atoms with van der Waals surface area (Å²) in [5, 5.41) is 3.08. The van der Waals surface area contributed by atoms with E-state index in [9.17, 15) is 4.79 Å². The van der Waals surface area contributed by atoms with Gasteiger partial charge in [0.05, 0.1) is 18.6 Å². The predicted octanol–water partition coefficient (Wildman–Crippen LogP) is 3.30. The topological polar surface area (TPSA) is 98.6 Å². The van der Waals surface area contributed by atoms with E-state index >= 15 is 0 Å². The number of nitrogen functional groups attached to an aromatic ring is 1. The number of rotatable bonds is 8. The van der Waals surface area contributed by atoms with Gasteiger partial charge in [-0.15, -0.1) is 0 Å². The van der Waals surface area contributed by atoms with E-state index in [1.54, 1.807) is 19.2 Å². The monoisotopic (exact) mass is 430 g/mol. The van der Waals surface area contributed by atoms with E-state index in [0.717, 1.165) is 24.9 Å². The van der Waals surface area contributed by atoms with Gasteiger partial charge in [-0.1, -0.05) is 11.6 Å². The van der Waals surface area contributed by atoms with Crippen LogP contribution in [0.3, 0.4) is 0 Å². The van der Waals surface area contributed by atoms with Crippen LogP contribution >= 0.6 is 0 Å². The van der Waals surface area contributed by atoms with E-state index < -0.39 is 0 Å². The number of carbonyl (C=O) groups excluding carboxylic acids is 1. The Kier molecular flexibility index (Phi) is 6.03. The summed E-state index contributed by atoms with van der Waals surface area (Å²) >= 11 is 0. The molecule has 1 spiro atoms. The maximum absolute atomic E-state index is 12.6. The number of epoxide rings is 2. The Bertz CT molecular complexity index is 831. The molecule has 3 aliphatic rings. The fourth-order valence-corrected chi connectivity index (χ4v) is 5.06. The summed E-state index contributed by atoms with van der Waals surface area (Å²) in [7, 11) is 1.68. The Morgan fingerprint density at radius 2 is 2.03 bits per heavy atom. The molecule has 2 aliphatic heterocycles. The lowest BCUT2D eigenvalue weighted by molar-refractivity contribution is -0.170. The van der Waals surface area contributed by atoms with Gasteiger partial charge in [-0.3, -0.25) is 4.79 Å². The fraction of sp³-hybridized carbons (Fsp3) is 0.625. The highest BCUT2D eigenvalue weighted by Gasteiger charge is 2.72. The molecule has 0 amide bonds.